The minimum atomic E-state index is -0.395. The SMILES string of the molecule is COc1cc(-n2cc(C)c(Nc3ccc4[nH]ncc4c3Cl)n2)ccc1C(=O)Nc1nc(C)co1. The highest BCUT2D eigenvalue weighted by Crippen LogP contribution is 2.33. The summed E-state index contributed by atoms with van der Waals surface area (Å²) >= 11 is 6.53. The lowest BCUT2D eigenvalue weighted by atomic mass is 10.1. The molecule has 0 radical (unpaired) electrons. The Kier molecular flexibility index (Phi) is 5.42. The Hall–Kier alpha value is -4.31. The minimum Gasteiger partial charge on any atom is -0.496 e. The van der Waals surface area contributed by atoms with E-state index in [0.29, 0.717) is 33.5 Å². The molecule has 0 bridgehead atoms. The van der Waals surface area contributed by atoms with E-state index in [-0.39, 0.29) is 6.01 Å². The molecule has 0 fully saturated rings. The number of carbonyl (C=O) groups excluding carboxylic acids is 1. The van der Waals surface area contributed by atoms with Gasteiger partial charge in [0.05, 0.1) is 46.5 Å². The van der Waals surface area contributed by atoms with E-state index in [1.165, 1.54) is 13.4 Å². The lowest BCUT2D eigenvalue weighted by Crippen LogP contribution is -2.14. The van der Waals surface area contributed by atoms with Crippen LogP contribution in [0.25, 0.3) is 16.6 Å². The fraction of sp³-hybridized carbons (Fsp3) is 0.130. The second-order valence-electron chi connectivity index (χ2n) is 7.62. The molecule has 2 aromatic carbocycles. The molecule has 3 N–H and O–H groups in total. The standard InChI is InChI=1S/C23H20ClN7O3/c1-12-10-31(30-21(12)27-18-7-6-17-16(20(18)24)9-25-29-17)14-4-5-15(19(8-14)33-3)22(32)28-23-26-13(2)11-34-23/h4-11H,1-3H3,(H,25,29)(H,27,30)(H,26,28,32). The van der Waals surface area contributed by atoms with Gasteiger partial charge >= 0.3 is 6.01 Å². The number of methoxy groups -OCH3 is 1. The second-order valence-corrected chi connectivity index (χ2v) is 8.00. The third-order valence-corrected chi connectivity index (χ3v) is 5.65. The lowest BCUT2D eigenvalue weighted by molar-refractivity contribution is 0.102. The van der Waals surface area contributed by atoms with Crippen molar-refractivity contribution < 1.29 is 13.9 Å². The van der Waals surface area contributed by atoms with Gasteiger partial charge in [-0.25, -0.2) is 4.68 Å². The quantitative estimate of drug-likeness (QED) is 0.314. The fourth-order valence-electron chi connectivity index (χ4n) is 3.51. The number of fused-ring (bicyclic) bond motifs is 1. The molecule has 172 valence electrons. The van der Waals surface area contributed by atoms with Crippen LogP contribution in [0.1, 0.15) is 21.6 Å². The summed E-state index contributed by atoms with van der Waals surface area (Å²) < 4.78 is 12.4. The number of carbonyl (C=O) groups is 1. The van der Waals surface area contributed by atoms with Crippen LogP contribution in [0.3, 0.4) is 0 Å². The van der Waals surface area contributed by atoms with Crippen molar-refractivity contribution in [3.05, 3.63) is 70.8 Å². The van der Waals surface area contributed by atoms with Crippen LogP contribution in [0.2, 0.25) is 5.02 Å². The van der Waals surface area contributed by atoms with E-state index in [0.717, 1.165) is 22.2 Å². The number of anilines is 3. The number of hydrogen-bond acceptors (Lipinski definition) is 7. The van der Waals surface area contributed by atoms with Gasteiger partial charge in [-0.05, 0) is 38.1 Å². The molecule has 5 aromatic rings. The summed E-state index contributed by atoms with van der Waals surface area (Å²) in [5.41, 5.74) is 4.20. The number of rotatable bonds is 6. The van der Waals surface area contributed by atoms with Gasteiger partial charge in [-0.2, -0.15) is 10.1 Å². The molecular formula is C23H20ClN7O3. The third kappa shape index (κ3) is 3.95. The molecule has 1 amide bonds. The number of oxazole rings is 1. The van der Waals surface area contributed by atoms with Crippen molar-refractivity contribution >= 4 is 45.9 Å². The number of ether oxygens (including phenoxy) is 1. The predicted octanol–water partition coefficient (Wildman–Crippen LogP) is 5.01. The summed E-state index contributed by atoms with van der Waals surface area (Å²) in [5, 5.41) is 18.8. The smallest absolute Gasteiger partial charge is 0.301 e. The van der Waals surface area contributed by atoms with Gasteiger partial charge in [-0.15, -0.1) is 5.10 Å². The molecule has 5 rings (SSSR count). The molecule has 0 aliphatic heterocycles. The van der Waals surface area contributed by atoms with Crippen LogP contribution in [0.5, 0.6) is 5.75 Å². The van der Waals surface area contributed by atoms with Crippen molar-refractivity contribution in [2.75, 3.05) is 17.7 Å². The normalized spacial score (nSPS) is 11.1. The van der Waals surface area contributed by atoms with Gasteiger partial charge in [0, 0.05) is 23.2 Å². The van der Waals surface area contributed by atoms with Crippen molar-refractivity contribution in [2.45, 2.75) is 13.8 Å². The minimum absolute atomic E-state index is 0.124. The molecule has 0 saturated carbocycles. The van der Waals surface area contributed by atoms with Crippen LogP contribution < -0.4 is 15.4 Å². The Morgan fingerprint density at radius 3 is 2.85 bits per heavy atom. The highest BCUT2D eigenvalue weighted by Gasteiger charge is 2.17. The van der Waals surface area contributed by atoms with Gasteiger partial charge in [0.25, 0.3) is 5.91 Å². The Balaban J connectivity index is 1.41. The molecule has 10 nitrogen and oxygen atoms in total. The summed E-state index contributed by atoms with van der Waals surface area (Å²) in [4.78, 5) is 16.8. The van der Waals surface area contributed by atoms with E-state index >= 15 is 0 Å². The second kappa shape index (κ2) is 8.56. The average Bonchev–Trinajstić information content (AvgIpc) is 3.56. The zero-order chi connectivity index (χ0) is 23.8. The number of benzene rings is 2. The van der Waals surface area contributed by atoms with Gasteiger partial charge in [-0.3, -0.25) is 15.2 Å². The van der Waals surface area contributed by atoms with Gasteiger partial charge in [0.1, 0.15) is 12.0 Å². The van der Waals surface area contributed by atoms with Crippen LogP contribution in [-0.4, -0.2) is 38.0 Å². The first-order chi connectivity index (χ1) is 16.4. The Morgan fingerprint density at radius 2 is 2.09 bits per heavy atom. The summed E-state index contributed by atoms with van der Waals surface area (Å²) in [6, 6.07) is 9.06. The first-order valence-electron chi connectivity index (χ1n) is 10.3. The summed E-state index contributed by atoms with van der Waals surface area (Å²) in [5.74, 6) is 0.632. The largest absolute Gasteiger partial charge is 0.496 e. The first-order valence-corrected chi connectivity index (χ1v) is 10.7. The van der Waals surface area contributed by atoms with E-state index in [9.17, 15) is 4.79 Å². The molecular weight excluding hydrogens is 458 g/mol. The topological polar surface area (TPSA) is 123 Å². The van der Waals surface area contributed by atoms with Crippen LogP contribution in [0, 0.1) is 13.8 Å². The van der Waals surface area contributed by atoms with Crippen LogP contribution in [0.4, 0.5) is 17.5 Å². The molecule has 34 heavy (non-hydrogen) atoms. The molecule has 0 atom stereocenters. The van der Waals surface area contributed by atoms with Crippen LogP contribution in [0.15, 0.2) is 53.4 Å². The molecule has 11 heteroatoms. The molecule has 3 aromatic heterocycles. The van der Waals surface area contributed by atoms with Crippen molar-refractivity contribution in [1.82, 2.24) is 25.0 Å². The van der Waals surface area contributed by atoms with E-state index in [1.807, 2.05) is 25.3 Å². The van der Waals surface area contributed by atoms with Crippen molar-refractivity contribution in [1.29, 1.82) is 0 Å². The zero-order valence-electron chi connectivity index (χ0n) is 18.5. The number of amides is 1. The van der Waals surface area contributed by atoms with E-state index < -0.39 is 5.91 Å². The Morgan fingerprint density at radius 1 is 1.24 bits per heavy atom. The molecule has 0 aliphatic rings. The Bertz CT molecular complexity index is 1520. The maximum atomic E-state index is 12.7. The van der Waals surface area contributed by atoms with Crippen LogP contribution >= 0.6 is 11.6 Å². The number of halogens is 1. The van der Waals surface area contributed by atoms with Crippen molar-refractivity contribution in [2.24, 2.45) is 0 Å². The highest BCUT2D eigenvalue weighted by atomic mass is 35.5. The number of H-pyrrole nitrogens is 1. The van der Waals surface area contributed by atoms with Gasteiger partial charge in [0.2, 0.25) is 0 Å². The number of nitrogens with zero attached hydrogens (tertiary/aromatic N) is 4. The maximum absolute atomic E-state index is 12.7. The average molecular weight is 478 g/mol. The number of aryl methyl sites for hydroxylation is 2. The molecule has 0 spiro atoms. The van der Waals surface area contributed by atoms with E-state index in [4.69, 9.17) is 20.8 Å². The first kappa shape index (κ1) is 21.5. The van der Waals surface area contributed by atoms with Gasteiger partial charge < -0.3 is 14.5 Å². The van der Waals surface area contributed by atoms with Crippen LogP contribution in [-0.2, 0) is 0 Å². The predicted molar refractivity (Wildman–Crippen MR) is 128 cm³/mol. The van der Waals surface area contributed by atoms with Crippen molar-refractivity contribution in [3.63, 3.8) is 0 Å². The maximum Gasteiger partial charge on any atom is 0.301 e. The Labute approximate surface area is 198 Å². The molecule has 0 saturated heterocycles. The monoisotopic (exact) mass is 477 g/mol. The van der Waals surface area contributed by atoms with Gasteiger partial charge in [0.15, 0.2) is 5.82 Å². The van der Waals surface area contributed by atoms with E-state index in [2.05, 4.69) is 30.9 Å². The lowest BCUT2D eigenvalue weighted by Gasteiger charge is -2.10. The number of aromatic nitrogens is 5. The summed E-state index contributed by atoms with van der Waals surface area (Å²) in [6.07, 6.45) is 5.01. The highest BCUT2D eigenvalue weighted by molar-refractivity contribution is 6.38. The fourth-order valence-corrected chi connectivity index (χ4v) is 3.77. The number of nitrogens with one attached hydrogen (secondary N) is 3. The summed E-state index contributed by atoms with van der Waals surface area (Å²) in [6.45, 7) is 3.71. The van der Waals surface area contributed by atoms with Gasteiger partial charge in [-0.1, -0.05) is 11.6 Å². The molecule has 3 heterocycles. The molecule has 0 unspecified atom stereocenters. The number of hydrogen-bond donors (Lipinski definition) is 3. The number of aromatic amines is 1. The zero-order valence-corrected chi connectivity index (χ0v) is 19.3. The van der Waals surface area contributed by atoms with Crippen molar-refractivity contribution in [3.8, 4) is 11.4 Å². The molecule has 0 aliphatic carbocycles. The summed E-state index contributed by atoms with van der Waals surface area (Å²) in [7, 11) is 1.50. The van der Waals surface area contributed by atoms with E-state index in [1.54, 1.807) is 36.0 Å². The third-order valence-electron chi connectivity index (χ3n) is 5.24.